The zero-order chi connectivity index (χ0) is 22.6. The van der Waals surface area contributed by atoms with Gasteiger partial charge in [-0.05, 0) is 48.5 Å². The lowest BCUT2D eigenvalue weighted by molar-refractivity contribution is -0.106. The molecule has 0 aliphatic rings. The second-order valence-corrected chi connectivity index (χ2v) is 9.05. The highest BCUT2D eigenvalue weighted by Gasteiger charge is 2.38. The van der Waals surface area contributed by atoms with E-state index in [1.807, 2.05) is 0 Å². The Morgan fingerprint density at radius 3 is 2.13 bits per heavy atom. The van der Waals surface area contributed by atoms with Crippen LogP contribution in [0.25, 0.3) is 0 Å². The molecule has 0 atom stereocenters. The smallest absolute Gasteiger partial charge is 0.404 e. The Labute approximate surface area is 187 Å². The van der Waals surface area contributed by atoms with Crippen molar-refractivity contribution in [2.45, 2.75) is 12.7 Å². The van der Waals surface area contributed by atoms with Crippen LogP contribution in [-0.2, 0) is 16.6 Å². The Hall–Kier alpha value is -2.49. The van der Waals surface area contributed by atoms with Gasteiger partial charge in [0, 0.05) is 6.20 Å². The molecule has 0 fully saturated rings. The molecule has 3 aromatic rings. The summed E-state index contributed by atoms with van der Waals surface area (Å²) in [6.07, 6.45) is -3.47. The molecule has 31 heavy (non-hydrogen) atoms. The summed E-state index contributed by atoms with van der Waals surface area (Å²) in [7, 11) is -4.73. The molecule has 5 nitrogen and oxygen atoms in total. The summed E-state index contributed by atoms with van der Waals surface area (Å²) >= 11 is 12.1. The summed E-state index contributed by atoms with van der Waals surface area (Å²) in [6.45, 7) is -0.365. The van der Waals surface area contributed by atoms with Crippen molar-refractivity contribution in [3.63, 3.8) is 0 Å². The van der Waals surface area contributed by atoms with Gasteiger partial charge in [-0.1, -0.05) is 35.3 Å². The van der Waals surface area contributed by atoms with Crippen LogP contribution in [0.3, 0.4) is 0 Å². The lowest BCUT2D eigenvalue weighted by Gasteiger charge is -2.25. The maximum atomic E-state index is 12.9. The highest BCUT2D eigenvalue weighted by atomic mass is 35.5. The molecule has 0 bridgehead atoms. The number of hydrogen-bond donors (Lipinski definition) is 0. The summed E-state index contributed by atoms with van der Waals surface area (Å²) in [5.74, 6) is -1.53. The van der Waals surface area contributed by atoms with E-state index in [-0.39, 0.29) is 39.5 Å². The second-order valence-electron chi connectivity index (χ2n) is 6.35. The fourth-order valence-corrected chi connectivity index (χ4v) is 4.47. The number of benzene rings is 2. The molecule has 0 aliphatic heterocycles. The Bertz CT molecular complexity index is 1120. The van der Waals surface area contributed by atoms with Crippen molar-refractivity contribution < 1.29 is 26.3 Å². The average molecular weight is 491 g/mol. The van der Waals surface area contributed by atoms with Crippen LogP contribution in [0.1, 0.15) is 5.69 Å². The van der Waals surface area contributed by atoms with Crippen molar-refractivity contribution in [2.75, 3.05) is 10.1 Å². The number of rotatable bonds is 7. The summed E-state index contributed by atoms with van der Waals surface area (Å²) in [6, 6.07) is 15.0. The number of anilines is 1. The van der Waals surface area contributed by atoms with Crippen molar-refractivity contribution in [1.82, 2.24) is 4.98 Å². The van der Waals surface area contributed by atoms with Gasteiger partial charge in [-0.2, -0.15) is 13.2 Å². The molecule has 0 aliphatic carbocycles. The second kappa shape index (κ2) is 9.33. The Morgan fingerprint density at radius 2 is 1.58 bits per heavy atom. The fourth-order valence-electron chi connectivity index (χ4n) is 2.65. The average Bonchev–Trinajstić information content (AvgIpc) is 2.69. The minimum absolute atomic E-state index is 0.0208. The standard InChI is InChI=1S/C20H15Cl2F3N2O3S/c21-17-5-3-6-18(22)19(17)30-16-9-7-15(8-10-16)27(12-14-4-1-2-11-26-14)31(28,29)13-20(23,24)25/h1-11H,12-13H2. The normalized spacial score (nSPS) is 11.9. The van der Waals surface area contributed by atoms with E-state index in [1.54, 1.807) is 30.3 Å². The Morgan fingerprint density at radius 1 is 0.935 bits per heavy atom. The highest BCUT2D eigenvalue weighted by molar-refractivity contribution is 7.92. The van der Waals surface area contributed by atoms with Crippen LogP contribution in [0.4, 0.5) is 18.9 Å². The number of nitrogens with zero attached hydrogens (tertiary/aromatic N) is 2. The molecule has 0 amide bonds. The Kier molecular flexibility index (Phi) is 6.98. The van der Waals surface area contributed by atoms with Crippen LogP contribution in [0.2, 0.25) is 10.0 Å². The highest BCUT2D eigenvalue weighted by Crippen LogP contribution is 2.36. The lowest BCUT2D eigenvalue weighted by atomic mass is 10.2. The van der Waals surface area contributed by atoms with Crippen molar-refractivity contribution in [3.05, 3.63) is 82.6 Å². The van der Waals surface area contributed by atoms with Crippen molar-refractivity contribution in [2.24, 2.45) is 0 Å². The Balaban J connectivity index is 1.92. The van der Waals surface area contributed by atoms with Crippen LogP contribution in [0.15, 0.2) is 66.9 Å². The van der Waals surface area contributed by atoms with Gasteiger partial charge in [0.1, 0.15) is 5.75 Å². The SMILES string of the molecule is O=S(=O)(CC(F)(F)F)N(Cc1ccccn1)c1ccc(Oc2c(Cl)cccc2Cl)cc1. The number of alkyl halides is 3. The third-order valence-electron chi connectivity index (χ3n) is 3.98. The summed E-state index contributed by atoms with van der Waals surface area (Å²) in [5.41, 5.74) is 0.309. The third kappa shape index (κ3) is 6.25. The molecule has 11 heteroatoms. The van der Waals surface area contributed by atoms with Crippen LogP contribution >= 0.6 is 23.2 Å². The van der Waals surface area contributed by atoms with Gasteiger partial charge in [-0.3, -0.25) is 9.29 Å². The number of hydrogen-bond acceptors (Lipinski definition) is 4. The van der Waals surface area contributed by atoms with Crippen molar-refractivity contribution in [1.29, 1.82) is 0 Å². The molecular formula is C20H15Cl2F3N2O3S. The van der Waals surface area contributed by atoms with Gasteiger partial charge in [-0.15, -0.1) is 0 Å². The number of ether oxygens (including phenoxy) is 1. The summed E-state index contributed by atoms with van der Waals surface area (Å²) in [5, 5.41) is 0.530. The molecule has 2 aromatic carbocycles. The largest absolute Gasteiger partial charge is 0.454 e. The molecule has 0 spiro atoms. The fraction of sp³-hybridized carbons (Fsp3) is 0.150. The molecule has 1 aromatic heterocycles. The van der Waals surface area contributed by atoms with Crippen molar-refractivity contribution in [3.8, 4) is 11.5 Å². The van der Waals surface area contributed by atoms with Gasteiger partial charge < -0.3 is 4.74 Å². The van der Waals surface area contributed by atoms with Crippen LogP contribution < -0.4 is 9.04 Å². The summed E-state index contributed by atoms with van der Waals surface area (Å²) < 4.78 is 70.0. The van der Waals surface area contributed by atoms with Gasteiger partial charge in [0.05, 0.1) is 28.0 Å². The van der Waals surface area contributed by atoms with Gasteiger partial charge in [0.25, 0.3) is 0 Å². The van der Waals surface area contributed by atoms with Gasteiger partial charge >= 0.3 is 6.18 Å². The molecule has 164 valence electrons. The van der Waals surface area contributed by atoms with E-state index in [1.165, 1.54) is 36.5 Å². The minimum Gasteiger partial charge on any atom is -0.454 e. The van der Waals surface area contributed by atoms with E-state index < -0.39 is 22.0 Å². The first-order valence-corrected chi connectivity index (χ1v) is 11.1. The maximum absolute atomic E-state index is 12.9. The molecule has 0 saturated heterocycles. The van der Waals surface area contributed by atoms with E-state index in [4.69, 9.17) is 27.9 Å². The van der Waals surface area contributed by atoms with Gasteiger partial charge in [-0.25, -0.2) is 8.42 Å². The third-order valence-corrected chi connectivity index (χ3v) is 6.28. The first kappa shape index (κ1) is 23.2. The number of halogens is 5. The molecule has 1 heterocycles. The van der Waals surface area contributed by atoms with Crippen LogP contribution in [0, 0.1) is 0 Å². The topological polar surface area (TPSA) is 59.5 Å². The van der Waals surface area contributed by atoms with Gasteiger partial charge in [0.15, 0.2) is 11.5 Å². The number of pyridine rings is 1. The van der Waals surface area contributed by atoms with Crippen molar-refractivity contribution >= 4 is 38.9 Å². The van der Waals surface area contributed by atoms with E-state index in [2.05, 4.69) is 4.98 Å². The summed E-state index contributed by atoms with van der Waals surface area (Å²) in [4.78, 5) is 4.01. The maximum Gasteiger partial charge on any atom is 0.404 e. The molecule has 0 saturated carbocycles. The lowest BCUT2D eigenvalue weighted by Crippen LogP contribution is -2.37. The molecule has 0 unspecified atom stereocenters. The first-order chi connectivity index (χ1) is 14.5. The first-order valence-electron chi connectivity index (χ1n) is 8.74. The van der Waals surface area contributed by atoms with E-state index in [9.17, 15) is 21.6 Å². The minimum atomic E-state index is -4.90. The van der Waals surface area contributed by atoms with E-state index in [0.29, 0.717) is 4.31 Å². The quantitative estimate of drug-likeness (QED) is 0.402. The molecule has 0 N–H and O–H groups in total. The predicted octanol–water partition coefficient (Wildman–Crippen LogP) is 6.08. The van der Waals surface area contributed by atoms with Gasteiger partial charge in [0.2, 0.25) is 10.0 Å². The van der Waals surface area contributed by atoms with Crippen LogP contribution in [-0.4, -0.2) is 25.3 Å². The molecule has 3 rings (SSSR count). The molecule has 0 radical (unpaired) electrons. The number of para-hydroxylation sites is 1. The number of sulfonamides is 1. The predicted molar refractivity (Wildman–Crippen MR) is 113 cm³/mol. The van der Waals surface area contributed by atoms with Crippen LogP contribution in [0.5, 0.6) is 11.5 Å². The zero-order valence-electron chi connectivity index (χ0n) is 15.7. The number of aromatic nitrogens is 1. The molecular weight excluding hydrogens is 476 g/mol. The monoisotopic (exact) mass is 490 g/mol. The van der Waals surface area contributed by atoms with E-state index >= 15 is 0 Å². The van der Waals surface area contributed by atoms with E-state index in [0.717, 1.165) is 0 Å². The zero-order valence-corrected chi connectivity index (χ0v) is 18.0.